The summed E-state index contributed by atoms with van der Waals surface area (Å²) in [7, 11) is 0. The smallest absolute Gasteiger partial charge is 0.270 e. The maximum absolute atomic E-state index is 14.3. The van der Waals surface area contributed by atoms with Gasteiger partial charge in [-0.25, -0.2) is 9.29 Å². The number of carbonyl (C=O) groups excluding carboxylic acids is 2. The van der Waals surface area contributed by atoms with Crippen molar-refractivity contribution in [2.75, 3.05) is 4.90 Å². The number of nitrogens with zero attached hydrogens (tertiary/aromatic N) is 2. The number of halogens is 2. The first-order valence-electron chi connectivity index (χ1n) is 10.1. The predicted octanol–water partition coefficient (Wildman–Crippen LogP) is 4.75. The molecule has 0 saturated carbocycles. The van der Waals surface area contributed by atoms with Gasteiger partial charge in [0, 0.05) is 12.1 Å². The SMILES string of the molecule is O=C1NC(=S)N(c2ccccc2F)C(=O)/C1=C/c1ccc(OCc2ccc([N+](=O)[O-])cc2)c(I)c1. The summed E-state index contributed by atoms with van der Waals surface area (Å²) < 4.78 is 20.8. The first-order chi connectivity index (χ1) is 16.7. The molecular formula is C24H15FIN3O5S. The van der Waals surface area contributed by atoms with Crippen molar-refractivity contribution in [1.82, 2.24) is 5.32 Å². The molecule has 3 aromatic rings. The molecular weight excluding hydrogens is 588 g/mol. The number of nitro benzene ring substituents is 1. The van der Waals surface area contributed by atoms with Crippen LogP contribution in [0.5, 0.6) is 5.75 Å². The molecule has 3 aromatic carbocycles. The van der Waals surface area contributed by atoms with Crippen molar-refractivity contribution >= 4 is 69.2 Å². The summed E-state index contributed by atoms with van der Waals surface area (Å²) in [5.41, 5.74) is 1.05. The fourth-order valence-electron chi connectivity index (χ4n) is 3.27. The zero-order chi connectivity index (χ0) is 25.1. The van der Waals surface area contributed by atoms with Crippen molar-refractivity contribution in [3.05, 3.63) is 103 Å². The van der Waals surface area contributed by atoms with Gasteiger partial charge in [-0.2, -0.15) is 0 Å². The molecule has 11 heteroatoms. The summed E-state index contributed by atoms with van der Waals surface area (Å²) in [6, 6.07) is 16.8. The molecule has 0 atom stereocenters. The van der Waals surface area contributed by atoms with E-state index in [2.05, 4.69) is 27.9 Å². The third-order valence-corrected chi connectivity index (χ3v) is 6.13. The predicted molar refractivity (Wildman–Crippen MR) is 139 cm³/mol. The third-order valence-electron chi connectivity index (χ3n) is 5.00. The molecule has 0 spiro atoms. The third kappa shape index (κ3) is 5.35. The van der Waals surface area contributed by atoms with Crippen molar-refractivity contribution in [3.8, 4) is 5.75 Å². The van der Waals surface area contributed by atoms with Gasteiger partial charge in [-0.15, -0.1) is 0 Å². The Morgan fingerprint density at radius 1 is 1.11 bits per heavy atom. The number of anilines is 1. The van der Waals surface area contributed by atoms with E-state index in [9.17, 15) is 24.1 Å². The maximum atomic E-state index is 14.3. The zero-order valence-corrected chi connectivity index (χ0v) is 20.7. The number of hydrogen-bond acceptors (Lipinski definition) is 6. The Morgan fingerprint density at radius 3 is 2.49 bits per heavy atom. The van der Waals surface area contributed by atoms with E-state index in [-0.39, 0.29) is 28.7 Å². The number of nitro groups is 1. The lowest BCUT2D eigenvalue weighted by Gasteiger charge is -2.29. The second-order valence-corrected chi connectivity index (χ2v) is 8.86. The molecule has 4 rings (SSSR count). The standard InChI is InChI=1S/C24H15FIN3O5S/c25-18-3-1-2-4-20(18)28-23(31)17(22(30)27-24(28)35)11-15-7-10-21(19(26)12-15)34-13-14-5-8-16(9-6-14)29(32)33/h1-12H,13H2,(H,27,30,35)/b17-11+. The van der Waals surface area contributed by atoms with Crippen LogP contribution >= 0.6 is 34.8 Å². The quantitative estimate of drug-likeness (QED) is 0.109. The molecule has 1 aliphatic heterocycles. The highest BCUT2D eigenvalue weighted by Gasteiger charge is 2.35. The number of thiocarbonyl (C=S) groups is 1. The van der Waals surface area contributed by atoms with Crippen LogP contribution in [0.4, 0.5) is 15.8 Å². The molecule has 1 aliphatic rings. The van der Waals surface area contributed by atoms with Crippen LogP contribution in [-0.2, 0) is 16.2 Å². The molecule has 0 radical (unpaired) electrons. The van der Waals surface area contributed by atoms with Crippen molar-refractivity contribution < 1.29 is 23.6 Å². The highest BCUT2D eigenvalue weighted by molar-refractivity contribution is 14.1. The van der Waals surface area contributed by atoms with Gasteiger partial charge >= 0.3 is 0 Å². The molecule has 1 saturated heterocycles. The Kier molecular flexibility index (Phi) is 7.17. The molecule has 2 amide bonds. The number of ether oxygens (including phenoxy) is 1. The summed E-state index contributed by atoms with van der Waals surface area (Å²) >= 11 is 7.15. The molecule has 176 valence electrons. The van der Waals surface area contributed by atoms with Gasteiger partial charge in [0.15, 0.2) is 5.11 Å². The van der Waals surface area contributed by atoms with E-state index >= 15 is 0 Å². The lowest BCUT2D eigenvalue weighted by Crippen LogP contribution is -2.54. The fraction of sp³-hybridized carbons (Fsp3) is 0.0417. The second kappa shape index (κ2) is 10.3. The van der Waals surface area contributed by atoms with E-state index in [1.165, 1.54) is 36.4 Å². The Labute approximate surface area is 217 Å². The van der Waals surface area contributed by atoms with E-state index < -0.39 is 22.6 Å². The van der Waals surface area contributed by atoms with Crippen molar-refractivity contribution in [2.24, 2.45) is 0 Å². The summed E-state index contributed by atoms with van der Waals surface area (Å²) in [4.78, 5) is 36.8. The minimum Gasteiger partial charge on any atom is -0.488 e. The largest absolute Gasteiger partial charge is 0.488 e. The van der Waals surface area contributed by atoms with Gasteiger partial charge in [-0.1, -0.05) is 18.2 Å². The summed E-state index contributed by atoms with van der Waals surface area (Å²) in [5, 5.41) is 13.0. The number of rotatable bonds is 6. The Hall–Kier alpha value is -3.71. The van der Waals surface area contributed by atoms with Gasteiger partial charge in [-0.05, 0) is 88.4 Å². The molecule has 1 fully saturated rings. The lowest BCUT2D eigenvalue weighted by molar-refractivity contribution is -0.384. The number of carbonyl (C=O) groups is 2. The van der Waals surface area contributed by atoms with Crippen LogP contribution in [0.2, 0.25) is 0 Å². The van der Waals surface area contributed by atoms with Gasteiger partial charge in [0.25, 0.3) is 17.5 Å². The van der Waals surface area contributed by atoms with Gasteiger partial charge in [0.2, 0.25) is 0 Å². The molecule has 0 aromatic heterocycles. The maximum Gasteiger partial charge on any atom is 0.270 e. The Bertz CT molecular complexity index is 1390. The molecule has 0 aliphatic carbocycles. The number of nitrogens with one attached hydrogen (secondary N) is 1. The van der Waals surface area contributed by atoms with Crippen LogP contribution in [0, 0.1) is 19.5 Å². The summed E-state index contributed by atoms with van der Waals surface area (Å²) in [6.07, 6.45) is 1.40. The number of amides is 2. The van der Waals surface area contributed by atoms with E-state index in [0.29, 0.717) is 14.9 Å². The Morgan fingerprint density at radius 2 is 1.83 bits per heavy atom. The Balaban J connectivity index is 1.53. The summed E-state index contributed by atoms with van der Waals surface area (Å²) in [6.45, 7) is 0.199. The number of hydrogen-bond donors (Lipinski definition) is 1. The van der Waals surface area contributed by atoms with Crippen LogP contribution in [0.25, 0.3) is 6.08 Å². The lowest BCUT2D eigenvalue weighted by atomic mass is 10.1. The molecule has 1 heterocycles. The summed E-state index contributed by atoms with van der Waals surface area (Å²) in [5.74, 6) is -1.51. The molecule has 8 nitrogen and oxygen atoms in total. The topological polar surface area (TPSA) is 102 Å². The second-order valence-electron chi connectivity index (χ2n) is 7.31. The highest BCUT2D eigenvalue weighted by Crippen LogP contribution is 2.27. The first-order valence-corrected chi connectivity index (χ1v) is 11.5. The van der Waals surface area contributed by atoms with Crippen LogP contribution in [0.1, 0.15) is 11.1 Å². The van der Waals surface area contributed by atoms with E-state index in [1.807, 2.05) is 0 Å². The fourth-order valence-corrected chi connectivity index (χ4v) is 4.24. The average molecular weight is 603 g/mol. The molecule has 0 bridgehead atoms. The van der Waals surface area contributed by atoms with Gasteiger partial charge < -0.3 is 4.74 Å². The molecule has 35 heavy (non-hydrogen) atoms. The van der Waals surface area contributed by atoms with Crippen LogP contribution < -0.4 is 15.0 Å². The minimum absolute atomic E-state index is 0.00338. The molecule has 1 N–H and O–H groups in total. The zero-order valence-electron chi connectivity index (χ0n) is 17.7. The normalized spacial score (nSPS) is 14.7. The first kappa shape index (κ1) is 24.4. The van der Waals surface area contributed by atoms with Crippen LogP contribution in [0.3, 0.4) is 0 Å². The van der Waals surface area contributed by atoms with E-state index in [1.54, 1.807) is 36.4 Å². The van der Waals surface area contributed by atoms with E-state index in [0.717, 1.165) is 10.5 Å². The number of para-hydroxylation sites is 1. The van der Waals surface area contributed by atoms with Gasteiger partial charge in [0.1, 0.15) is 23.7 Å². The van der Waals surface area contributed by atoms with Crippen molar-refractivity contribution in [1.29, 1.82) is 0 Å². The van der Waals surface area contributed by atoms with Gasteiger partial charge in [0.05, 0.1) is 14.2 Å². The minimum atomic E-state index is -0.739. The van der Waals surface area contributed by atoms with Crippen molar-refractivity contribution in [3.63, 3.8) is 0 Å². The monoisotopic (exact) mass is 603 g/mol. The molecule has 0 unspecified atom stereocenters. The van der Waals surface area contributed by atoms with Crippen LogP contribution in [0.15, 0.2) is 72.3 Å². The number of benzene rings is 3. The van der Waals surface area contributed by atoms with Crippen molar-refractivity contribution in [2.45, 2.75) is 6.61 Å². The van der Waals surface area contributed by atoms with Gasteiger partial charge in [-0.3, -0.25) is 25.0 Å². The highest BCUT2D eigenvalue weighted by atomic mass is 127. The van der Waals surface area contributed by atoms with E-state index in [4.69, 9.17) is 17.0 Å². The van der Waals surface area contributed by atoms with Crippen LogP contribution in [-0.4, -0.2) is 21.9 Å². The average Bonchev–Trinajstić information content (AvgIpc) is 2.82. The number of non-ortho nitro benzene ring substituents is 1.